The monoisotopic (exact) mass is 383 g/mol. The Hall–Kier alpha value is -2.57. The number of nitrogens with zero attached hydrogens (tertiary/aromatic N) is 1. The van der Waals surface area contributed by atoms with E-state index in [1.54, 1.807) is 23.1 Å². The summed E-state index contributed by atoms with van der Waals surface area (Å²) < 4.78 is 10.7. The lowest BCUT2D eigenvalue weighted by Gasteiger charge is -2.20. The first-order valence-electron chi connectivity index (χ1n) is 9.42. The number of carbonyl (C=O) groups excluding carboxylic acids is 1. The summed E-state index contributed by atoms with van der Waals surface area (Å²) in [6.45, 7) is 0.593. The van der Waals surface area contributed by atoms with Crippen molar-refractivity contribution < 1.29 is 24.5 Å². The molecule has 1 amide bonds. The van der Waals surface area contributed by atoms with Gasteiger partial charge in [-0.05, 0) is 29.5 Å². The molecule has 2 aliphatic rings. The van der Waals surface area contributed by atoms with E-state index >= 15 is 0 Å². The summed E-state index contributed by atoms with van der Waals surface area (Å²) in [5.74, 6) is 0.608. The second-order valence-electron chi connectivity index (χ2n) is 7.53. The number of amides is 1. The highest BCUT2D eigenvalue weighted by atomic mass is 16.5. The van der Waals surface area contributed by atoms with E-state index in [1.165, 1.54) is 14.2 Å². The first-order chi connectivity index (χ1) is 13.6. The van der Waals surface area contributed by atoms with Gasteiger partial charge >= 0.3 is 0 Å². The molecule has 2 aromatic carbocycles. The fourth-order valence-electron chi connectivity index (χ4n) is 4.94. The van der Waals surface area contributed by atoms with Crippen LogP contribution in [0.5, 0.6) is 11.5 Å². The third-order valence-corrected chi connectivity index (χ3v) is 6.33. The Balaban J connectivity index is 1.64. The molecule has 6 nitrogen and oxygen atoms in total. The number of ether oxygens (including phenoxy) is 2. The Morgan fingerprint density at radius 1 is 1.11 bits per heavy atom. The summed E-state index contributed by atoms with van der Waals surface area (Å²) in [6, 6.07) is 15.1. The number of likely N-dealkylation sites (tertiary alicyclic amines) is 1. The fraction of sp³-hybridized carbons (Fsp3) is 0.409. The first-order valence-corrected chi connectivity index (χ1v) is 9.42. The summed E-state index contributed by atoms with van der Waals surface area (Å²) in [5.41, 5.74) is 0.931. The molecule has 28 heavy (non-hydrogen) atoms. The molecule has 6 heteroatoms. The zero-order valence-electron chi connectivity index (χ0n) is 16.0. The van der Waals surface area contributed by atoms with Crippen molar-refractivity contribution in [2.75, 3.05) is 33.9 Å². The first kappa shape index (κ1) is 18.8. The largest absolute Gasteiger partial charge is 0.496 e. The molecule has 4 atom stereocenters. The van der Waals surface area contributed by atoms with Gasteiger partial charge in [0.1, 0.15) is 17.1 Å². The SMILES string of the molecule is COc1cccc(OC)c1C(=O)N1C[C@H](O)[C@@]2(C1)[C@H](CO)[C@H]2c1ccccc1. The molecule has 0 unspecified atom stereocenters. The van der Waals surface area contributed by atoms with Crippen molar-refractivity contribution >= 4 is 5.91 Å². The maximum atomic E-state index is 13.3. The number of carbonyl (C=O) groups is 1. The highest BCUT2D eigenvalue weighted by molar-refractivity contribution is 6.00. The smallest absolute Gasteiger partial charge is 0.261 e. The maximum absolute atomic E-state index is 13.3. The van der Waals surface area contributed by atoms with E-state index in [0.29, 0.717) is 23.6 Å². The predicted octanol–water partition coefficient (Wildman–Crippen LogP) is 1.91. The van der Waals surface area contributed by atoms with Crippen LogP contribution in [0.15, 0.2) is 48.5 Å². The van der Waals surface area contributed by atoms with Crippen LogP contribution in [0, 0.1) is 11.3 Å². The van der Waals surface area contributed by atoms with E-state index in [9.17, 15) is 15.0 Å². The molecule has 1 saturated carbocycles. The van der Waals surface area contributed by atoms with E-state index in [1.807, 2.05) is 30.3 Å². The average molecular weight is 383 g/mol. The fourth-order valence-corrected chi connectivity index (χ4v) is 4.94. The normalized spacial score (nSPS) is 28.4. The molecule has 1 aliphatic heterocycles. The van der Waals surface area contributed by atoms with Crippen LogP contribution in [0.25, 0.3) is 0 Å². The zero-order valence-corrected chi connectivity index (χ0v) is 16.0. The molecule has 1 heterocycles. The summed E-state index contributed by atoms with van der Waals surface area (Å²) in [4.78, 5) is 14.9. The lowest BCUT2D eigenvalue weighted by molar-refractivity contribution is 0.0757. The summed E-state index contributed by atoms with van der Waals surface area (Å²) >= 11 is 0. The minimum Gasteiger partial charge on any atom is -0.496 e. The van der Waals surface area contributed by atoms with Crippen LogP contribution < -0.4 is 9.47 Å². The van der Waals surface area contributed by atoms with E-state index < -0.39 is 11.5 Å². The van der Waals surface area contributed by atoms with Gasteiger partial charge in [0.05, 0.1) is 20.3 Å². The van der Waals surface area contributed by atoms with Crippen molar-refractivity contribution in [3.63, 3.8) is 0 Å². The molecule has 0 bridgehead atoms. The molecule has 2 aromatic rings. The molecule has 2 N–H and O–H groups in total. The maximum Gasteiger partial charge on any atom is 0.261 e. The van der Waals surface area contributed by atoms with Crippen molar-refractivity contribution in [2.24, 2.45) is 11.3 Å². The Kier molecular flexibility index (Phi) is 4.77. The van der Waals surface area contributed by atoms with Gasteiger partial charge in [0.2, 0.25) is 0 Å². The predicted molar refractivity (Wildman–Crippen MR) is 104 cm³/mol. The lowest BCUT2D eigenvalue weighted by atomic mass is 9.95. The van der Waals surface area contributed by atoms with Gasteiger partial charge in [-0.25, -0.2) is 0 Å². The van der Waals surface area contributed by atoms with Gasteiger partial charge in [-0.3, -0.25) is 4.79 Å². The van der Waals surface area contributed by atoms with Gasteiger partial charge in [-0.1, -0.05) is 36.4 Å². The quantitative estimate of drug-likeness (QED) is 0.825. The molecule has 148 valence electrons. The topological polar surface area (TPSA) is 79.2 Å². The van der Waals surface area contributed by atoms with Crippen molar-refractivity contribution in [2.45, 2.75) is 12.0 Å². The number of aliphatic hydroxyl groups is 2. The van der Waals surface area contributed by atoms with Crippen LogP contribution >= 0.6 is 0 Å². The molecule has 1 saturated heterocycles. The number of methoxy groups -OCH3 is 2. The second kappa shape index (κ2) is 7.11. The van der Waals surface area contributed by atoms with Crippen LogP contribution in [0.1, 0.15) is 21.8 Å². The summed E-state index contributed by atoms with van der Waals surface area (Å²) in [6.07, 6.45) is -0.695. The lowest BCUT2D eigenvalue weighted by Crippen LogP contribution is -2.30. The zero-order chi connectivity index (χ0) is 19.9. The number of β-amino-alcohol motifs (C(OH)–C–C–N with tert-alkyl or cyclic N) is 1. The molecular weight excluding hydrogens is 358 g/mol. The van der Waals surface area contributed by atoms with E-state index in [4.69, 9.17) is 9.47 Å². The average Bonchev–Trinajstić information content (AvgIpc) is 3.27. The number of hydrogen-bond acceptors (Lipinski definition) is 5. The van der Waals surface area contributed by atoms with Crippen LogP contribution in [-0.4, -0.2) is 61.0 Å². The number of hydrogen-bond donors (Lipinski definition) is 2. The van der Waals surface area contributed by atoms with Gasteiger partial charge in [0.15, 0.2) is 0 Å². The third-order valence-electron chi connectivity index (χ3n) is 6.33. The Bertz CT molecular complexity index is 848. The molecule has 1 spiro atoms. The van der Waals surface area contributed by atoms with Gasteiger partial charge in [-0.2, -0.15) is 0 Å². The second-order valence-corrected chi connectivity index (χ2v) is 7.53. The van der Waals surface area contributed by atoms with Crippen molar-refractivity contribution in [1.29, 1.82) is 0 Å². The van der Waals surface area contributed by atoms with Crippen LogP contribution in [0.4, 0.5) is 0 Å². The highest BCUT2D eigenvalue weighted by Gasteiger charge is 2.71. The minimum absolute atomic E-state index is 0.0172. The van der Waals surface area contributed by atoms with Crippen molar-refractivity contribution in [3.05, 3.63) is 59.7 Å². The Morgan fingerprint density at radius 2 is 1.75 bits per heavy atom. The van der Waals surface area contributed by atoms with Crippen molar-refractivity contribution in [3.8, 4) is 11.5 Å². The Morgan fingerprint density at radius 3 is 2.32 bits per heavy atom. The van der Waals surface area contributed by atoms with Gasteiger partial charge in [0.25, 0.3) is 5.91 Å². The number of rotatable bonds is 5. The standard InChI is InChI=1S/C22H25NO5/c1-27-16-9-6-10-17(28-2)19(16)21(26)23-11-18(25)22(13-23)15(12-24)20(22)14-7-4-3-5-8-14/h3-10,15,18,20,24-25H,11-13H2,1-2H3/t15-,18+,20-,22-/m1/s1. The summed E-state index contributed by atoms with van der Waals surface area (Å²) in [5, 5.41) is 20.8. The van der Waals surface area contributed by atoms with E-state index in [0.717, 1.165) is 5.56 Å². The molecular formula is C22H25NO5. The molecule has 1 aliphatic carbocycles. The van der Waals surface area contributed by atoms with Crippen molar-refractivity contribution in [1.82, 2.24) is 4.90 Å². The number of benzene rings is 2. The minimum atomic E-state index is -0.695. The van der Waals surface area contributed by atoms with Gasteiger partial charge in [-0.15, -0.1) is 0 Å². The molecule has 4 rings (SSSR count). The van der Waals surface area contributed by atoms with Gasteiger partial charge < -0.3 is 24.6 Å². The third kappa shape index (κ3) is 2.67. The molecule has 2 fully saturated rings. The van der Waals surface area contributed by atoms with E-state index in [2.05, 4.69) is 0 Å². The highest BCUT2D eigenvalue weighted by Crippen LogP contribution is 2.68. The van der Waals surface area contributed by atoms with Gasteiger partial charge in [0, 0.05) is 25.1 Å². The van der Waals surface area contributed by atoms with Crippen LogP contribution in [0.3, 0.4) is 0 Å². The summed E-state index contributed by atoms with van der Waals surface area (Å²) in [7, 11) is 3.03. The molecule has 0 aromatic heterocycles. The molecule has 0 radical (unpaired) electrons. The Labute approximate surface area is 164 Å². The number of aliphatic hydroxyl groups excluding tert-OH is 2. The van der Waals surface area contributed by atoms with Crippen LogP contribution in [0.2, 0.25) is 0 Å². The van der Waals surface area contributed by atoms with Crippen LogP contribution in [-0.2, 0) is 0 Å². The van der Waals surface area contributed by atoms with E-state index in [-0.39, 0.29) is 30.9 Å².